The van der Waals surface area contributed by atoms with E-state index in [1.807, 2.05) is 24.3 Å². The van der Waals surface area contributed by atoms with Gasteiger partial charge >= 0.3 is 0 Å². The van der Waals surface area contributed by atoms with Crippen molar-refractivity contribution in [1.82, 2.24) is 9.78 Å². The zero-order valence-electron chi connectivity index (χ0n) is 14.0. The van der Waals surface area contributed by atoms with E-state index < -0.39 is 6.10 Å². The van der Waals surface area contributed by atoms with Crippen LogP contribution in [0.3, 0.4) is 0 Å². The summed E-state index contributed by atoms with van der Waals surface area (Å²) in [5.41, 5.74) is 1.06. The molecule has 1 atom stereocenters. The second kappa shape index (κ2) is 8.38. The van der Waals surface area contributed by atoms with Crippen molar-refractivity contribution < 1.29 is 9.53 Å². The second-order valence-corrected chi connectivity index (χ2v) is 6.96. The number of carbonyl (C=O) groups excluding carboxylic acids is 1. The molecule has 26 heavy (non-hydrogen) atoms. The van der Waals surface area contributed by atoms with Crippen LogP contribution in [0.25, 0.3) is 0 Å². The van der Waals surface area contributed by atoms with E-state index in [1.54, 1.807) is 48.1 Å². The Morgan fingerprint density at radius 2 is 2.08 bits per heavy atom. The van der Waals surface area contributed by atoms with E-state index in [2.05, 4.69) is 26.3 Å². The normalized spacial score (nSPS) is 11.8. The largest absolute Gasteiger partial charge is 0.481 e. The molecule has 0 saturated carbocycles. The van der Waals surface area contributed by atoms with Gasteiger partial charge in [0.05, 0.1) is 12.7 Å². The molecule has 0 radical (unpaired) electrons. The first-order valence-corrected chi connectivity index (χ1v) is 9.18. The number of amides is 1. The van der Waals surface area contributed by atoms with Gasteiger partial charge in [-0.3, -0.25) is 4.79 Å². The molecular formula is C19H17BrClN3O2. The number of benzene rings is 2. The first-order valence-electron chi connectivity index (χ1n) is 8.01. The highest BCUT2D eigenvalue weighted by Crippen LogP contribution is 2.20. The number of hydrogen-bond acceptors (Lipinski definition) is 3. The standard InChI is InChI=1S/C19H17BrClN3O2/c1-13(26-16-7-4-6-15(21)11-16)19(25)23-18-9-10-22-24(18)12-14-5-2-3-8-17(14)20/h2-11,13H,12H2,1H3,(H,23,25). The van der Waals surface area contributed by atoms with E-state index >= 15 is 0 Å². The number of carbonyl (C=O) groups is 1. The summed E-state index contributed by atoms with van der Waals surface area (Å²) < 4.78 is 8.37. The summed E-state index contributed by atoms with van der Waals surface area (Å²) in [7, 11) is 0. The summed E-state index contributed by atoms with van der Waals surface area (Å²) in [6.45, 7) is 2.22. The molecule has 0 aliphatic carbocycles. The molecule has 2 aromatic carbocycles. The highest BCUT2D eigenvalue weighted by molar-refractivity contribution is 9.10. The lowest BCUT2D eigenvalue weighted by Crippen LogP contribution is -2.31. The van der Waals surface area contributed by atoms with Crippen LogP contribution in [0, 0.1) is 0 Å². The average Bonchev–Trinajstić information content (AvgIpc) is 3.03. The van der Waals surface area contributed by atoms with Crippen molar-refractivity contribution in [3.8, 4) is 5.75 Å². The Balaban J connectivity index is 1.66. The number of nitrogens with one attached hydrogen (secondary N) is 1. The van der Waals surface area contributed by atoms with Gasteiger partial charge in [0.15, 0.2) is 6.10 Å². The average molecular weight is 435 g/mol. The van der Waals surface area contributed by atoms with Crippen LogP contribution in [0.5, 0.6) is 5.75 Å². The Labute approximate surface area is 165 Å². The van der Waals surface area contributed by atoms with Gasteiger partial charge in [0.2, 0.25) is 0 Å². The minimum Gasteiger partial charge on any atom is -0.481 e. The first-order chi connectivity index (χ1) is 12.5. The molecule has 3 aromatic rings. The number of aromatic nitrogens is 2. The molecule has 0 saturated heterocycles. The fourth-order valence-corrected chi connectivity index (χ4v) is 2.97. The summed E-state index contributed by atoms with van der Waals surface area (Å²) in [4.78, 5) is 12.5. The summed E-state index contributed by atoms with van der Waals surface area (Å²) in [5.74, 6) is 0.882. The van der Waals surface area contributed by atoms with Crippen LogP contribution >= 0.6 is 27.5 Å². The lowest BCUT2D eigenvalue weighted by atomic mass is 10.2. The van der Waals surface area contributed by atoms with E-state index in [9.17, 15) is 4.79 Å². The molecule has 1 N–H and O–H groups in total. The zero-order valence-corrected chi connectivity index (χ0v) is 16.4. The number of hydrogen-bond donors (Lipinski definition) is 1. The van der Waals surface area contributed by atoms with Gasteiger partial charge in [-0.15, -0.1) is 0 Å². The smallest absolute Gasteiger partial charge is 0.266 e. The Kier molecular flexibility index (Phi) is 5.96. The van der Waals surface area contributed by atoms with E-state index in [0.717, 1.165) is 10.0 Å². The number of ether oxygens (including phenoxy) is 1. The molecule has 3 rings (SSSR count). The number of nitrogens with zero attached hydrogens (tertiary/aromatic N) is 2. The van der Waals surface area contributed by atoms with Gasteiger partial charge in [0.1, 0.15) is 11.6 Å². The van der Waals surface area contributed by atoms with Gasteiger partial charge in [-0.2, -0.15) is 5.10 Å². The Hall–Kier alpha value is -2.31. The maximum Gasteiger partial charge on any atom is 0.266 e. The van der Waals surface area contributed by atoms with Crippen LogP contribution < -0.4 is 10.1 Å². The monoisotopic (exact) mass is 433 g/mol. The highest BCUT2D eigenvalue weighted by Gasteiger charge is 2.17. The van der Waals surface area contributed by atoms with Crippen molar-refractivity contribution in [3.05, 3.63) is 75.9 Å². The number of halogens is 2. The number of anilines is 1. The quantitative estimate of drug-likeness (QED) is 0.609. The summed E-state index contributed by atoms with van der Waals surface area (Å²) in [6.07, 6.45) is 0.967. The molecule has 0 bridgehead atoms. The Bertz CT molecular complexity index is 913. The molecule has 0 aliphatic heterocycles. The predicted molar refractivity (Wildman–Crippen MR) is 106 cm³/mol. The summed E-state index contributed by atoms with van der Waals surface area (Å²) in [5, 5.41) is 7.69. The summed E-state index contributed by atoms with van der Waals surface area (Å²) >= 11 is 9.46. The molecule has 0 fully saturated rings. The molecule has 1 amide bonds. The van der Waals surface area contributed by atoms with Gasteiger partial charge in [-0.1, -0.05) is 51.8 Å². The topological polar surface area (TPSA) is 56.1 Å². The summed E-state index contributed by atoms with van der Waals surface area (Å²) in [6, 6.07) is 16.6. The first kappa shape index (κ1) is 18.5. The lowest BCUT2D eigenvalue weighted by molar-refractivity contribution is -0.122. The fourth-order valence-electron chi connectivity index (χ4n) is 2.38. The third-order valence-electron chi connectivity index (χ3n) is 3.72. The van der Waals surface area contributed by atoms with Gasteiger partial charge in [0.25, 0.3) is 5.91 Å². The third kappa shape index (κ3) is 4.65. The molecule has 1 aromatic heterocycles. The lowest BCUT2D eigenvalue weighted by Gasteiger charge is -2.16. The van der Waals surface area contributed by atoms with Crippen molar-refractivity contribution in [2.24, 2.45) is 0 Å². The SMILES string of the molecule is CC(Oc1cccc(Cl)c1)C(=O)Nc1ccnn1Cc1ccccc1Br. The second-order valence-electron chi connectivity index (χ2n) is 5.67. The van der Waals surface area contributed by atoms with Crippen LogP contribution in [0.2, 0.25) is 5.02 Å². The third-order valence-corrected chi connectivity index (χ3v) is 4.73. The minimum atomic E-state index is -0.680. The fraction of sp³-hybridized carbons (Fsp3) is 0.158. The van der Waals surface area contributed by atoms with E-state index in [-0.39, 0.29) is 5.91 Å². The van der Waals surface area contributed by atoms with Crippen LogP contribution in [0.4, 0.5) is 5.82 Å². The molecule has 0 spiro atoms. The van der Waals surface area contributed by atoms with E-state index in [0.29, 0.717) is 23.1 Å². The zero-order chi connectivity index (χ0) is 18.5. The molecule has 5 nitrogen and oxygen atoms in total. The Morgan fingerprint density at radius 3 is 2.85 bits per heavy atom. The highest BCUT2D eigenvalue weighted by atomic mass is 79.9. The maximum absolute atomic E-state index is 12.5. The molecule has 134 valence electrons. The number of rotatable bonds is 6. The molecule has 0 aliphatic rings. The van der Waals surface area contributed by atoms with Gasteiger partial charge in [-0.25, -0.2) is 4.68 Å². The Morgan fingerprint density at radius 1 is 1.27 bits per heavy atom. The molecule has 1 unspecified atom stereocenters. The van der Waals surface area contributed by atoms with Gasteiger partial charge < -0.3 is 10.1 Å². The minimum absolute atomic E-state index is 0.265. The predicted octanol–water partition coefficient (Wildman–Crippen LogP) is 4.75. The van der Waals surface area contributed by atoms with Crippen LogP contribution in [-0.2, 0) is 11.3 Å². The van der Waals surface area contributed by atoms with Crippen LogP contribution in [-0.4, -0.2) is 21.8 Å². The molecule has 1 heterocycles. The maximum atomic E-state index is 12.5. The van der Waals surface area contributed by atoms with Crippen LogP contribution in [0.15, 0.2) is 65.3 Å². The van der Waals surface area contributed by atoms with Crippen LogP contribution in [0.1, 0.15) is 12.5 Å². The van der Waals surface area contributed by atoms with Crippen molar-refractivity contribution in [1.29, 1.82) is 0 Å². The van der Waals surface area contributed by atoms with Crippen molar-refractivity contribution >= 4 is 39.3 Å². The van der Waals surface area contributed by atoms with Crippen molar-refractivity contribution in [3.63, 3.8) is 0 Å². The van der Waals surface area contributed by atoms with E-state index in [1.165, 1.54) is 0 Å². The van der Waals surface area contributed by atoms with Crippen molar-refractivity contribution in [2.75, 3.05) is 5.32 Å². The van der Waals surface area contributed by atoms with Gasteiger partial charge in [0, 0.05) is 15.6 Å². The van der Waals surface area contributed by atoms with Crippen molar-refractivity contribution in [2.45, 2.75) is 19.6 Å². The van der Waals surface area contributed by atoms with Gasteiger partial charge in [-0.05, 0) is 36.8 Å². The van der Waals surface area contributed by atoms with E-state index in [4.69, 9.17) is 16.3 Å². The molecule has 7 heteroatoms. The molecular weight excluding hydrogens is 418 g/mol.